The van der Waals surface area contributed by atoms with Gasteiger partial charge in [-0.2, -0.15) is 0 Å². The van der Waals surface area contributed by atoms with Crippen LogP contribution in [0.15, 0.2) is 121 Å². The zero-order valence-corrected chi connectivity index (χ0v) is 38.0. The van der Waals surface area contributed by atoms with Gasteiger partial charge in [-0.05, 0) is 111 Å². The monoisotopic (exact) mass is 839 g/mol. The maximum absolute atomic E-state index is 5.63. The minimum absolute atomic E-state index is 0.628. The second kappa shape index (κ2) is 22.0. The summed E-state index contributed by atoms with van der Waals surface area (Å²) in [5, 5.41) is 0. The van der Waals surface area contributed by atoms with Crippen LogP contribution in [0, 0.1) is 0 Å². The van der Waals surface area contributed by atoms with Crippen LogP contribution in [-0.2, 0) is 38.5 Å². The summed E-state index contributed by atoms with van der Waals surface area (Å²) < 4.78 is 0. The normalized spacial score (nSPS) is 11.1. The molecule has 0 N–H and O–H groups in total. The van der Waals surface area contributed by atoms with Gasteiger partial charge in [0.25, 0.3) is 0 Å². The number of hydrogen-bond donors (Lipinski definition) is 0. The van der Waals surface area contributed by atoms with Gasteiger partial charge >= 0.3 is 0 Å². The Morgan fingerprint density at radius 3 is 0.714 bits per heavy atom. The lowest BCUT2D eigenvalue weighted by Crippen LogP contribution is -2.21. The number of pyridine rings is 7. The molecule has 10 heteroatoms. The van der Waals surface area contributed by atoms with Crippen molar-refractivity contribution in [2.24, 2.45) is 0 Å². The van der Waals surface area contributed by atoms with Gasteiger partial charge in [-0.25, -0.2) is 34.9 Å². The van der Waals surface area contributed by atoms with Crippen LogP contribution in [0.4, 0.5) is 52.2 Å². The minimum atomic E-state index is 0.628. The van der Waals surface area contributed by atoms with E-state index in [4.69, 9.17) is 34.9 Å². The lowest BCUT2D eigenvalue weighted by molar-refractivity contribution is 0.867. The van der Waals surface area contributed by atoms with Crippen molar-refractivity contribution < 1.29 is 0 Å². The van der Waals surface area contributed by atoms with Crippen molar-refractivity contribution in [3.8, 4) is 0 Å². The summed E-state index contributed by atoms with van der Waals surface area (Å²) in [4.78, 5) is 43.6. The van der Waals surface area contributed by atoms with Gasteiger partial charge in [0.15, 0.2) is 0 Å². The third-order valence-electron chi connectivity index (χ3n) is 10.7. The second-order valence-electron chi connectivity index (χ2n) is 16.0. The summed E-state index contributed by atoms with van der Waals surface area (Å²) >= 11 is 0. The highest BCUT2D eigenvalue weighted by Gasteiger charge is 2.27. The Morgan fingerprint density at radius 1 is 0.270 bits per heavy atom. The van der Waals surface area contributed by atoms with E-state index in [0.29, 0.717) is 11.6 Å². The van der Waals surface area contributed by atoms with Gasteiger partial charge in [0.2, 0.25) is 0 Å². The molecule has 0 saturated heterocycles. The summed E-state index contributed by atoms with van der Waals surface area (Å²) in [5.74, 6) is 5.70. The average Bonchev–Trinajstić information content (AvgIpc) is 3.28. The van der Waals surface area contributed by atoms with Crippen molar-refractivity contribution in [1.29, 1.82) is 0 Å². The Morgan fingerprint density at radius 2 is 0.492 bits per heavy atom. The van der Waals surface area contributed by atoms with Gasteiger partial charge < -0.3 is 0 Å². The molecule has 10 nitrogen and oxygen atoms in total. The molecule has 63 heavy (non-hydrogen) atoms. The predicted octanol–water partition coefficient (Wildman–Crippen LogP) is 13.6. The van der Waals surface area contributed by atoms with E-state index in [0.717, 1.165) is 152 Å². The molecule has 0 radical (unpaired) electrons. The fourth-order valence-corrected chi connectivity index (χ4v) is 7.85. The molecule has 7 heterocycles. The molecule has 0 aliphatic heterocycles. The molecular weight excluding hydrogens is 777 g/mol. The lowest BCUT2D eigenvalue weighted by Gasteiger charge is -2.30. The molecule has 7 aromatic heterocycles. The van der Waals surface area contributed by atoms with Crippen LogP contribution in [0.5, 0.6) is 0 Å². The predicted molar refractivity (Wildman–Crippen MR) is 259 cm³/mol. The first kappa shape index (κ1) is 44.5. The van der Waals surface area contributed by atoms with E-state index < -0.39 is 0 Å². The molecule has 0 amide bonds. The van der Waals surface area contributed by atoms with E-state index in [9.17, 15) is 0 Å². The average molecular weight is 839 g/mol. The Balaban J connectivity index is 1.58. The van der Waals surface area contributed by atoms with E-state index >= 15 is 0 Å². The summed E-state index contributed by atoms with van der Waals surface area (Å²) in [6.45, 7) is 13.1. The van der Waals surface area contributed by atoms with Crippen molar-refractivity contribution in [3.05, 3.63) is 155 Å². The Bertz CT molecular complexity index is 2120. The fourth-order valence-electron chi connectivity index (χ4n) is 7.85. The molecule has 0 atom stereocenters. The first-order valence-corrected chi connectivity index (χ1v) is 23.1. The number of nitrogens with zero attached hydrogens (tertiary/aromatic N) is 10. The van der Waals surface area contributed by atoms with Crippen LogP contribution in [0.3, 0.4) is 0 Å². The largest absolute Gasteiger partial charge is 0.279 e. The maximum atomic E-state index is 5.63. The van der Waals surface area contributed by atoms with Crippen molar-refractivity contribution in [1.82, 2.24) is 34.9 Å². The van der Waals surface area contributed by atoms with Gasteiger partial charge in [-0.3, -0.25) is 14.7 Å². The molecule has 324 valence electrons. The van der Waals surface area contributed by atoms with Gasteiger partial charge in [-0.1, -0.05) is 116 Å². The number of hydrogen-bond acceptors (Lipinski definition) is 10. The molecule has 7 rings (SSSR count). The van der Waals surface area contributed by atoms with Crippen molar-refractivity contribution >= 4 is 52.2 Å². The van der Waals surface area contributed by atoms with Gasteiger partial charge in [0.05, 0.1) is 5.69 Å². The zero-order chi connectivity index (χ0) is 44.0. The lowest BCUT2D eigenvalue weighted by atomic mass is 10.2. The molecule has 0 spiro atoms. The molecule has 0 aromatic carbocycles. The first-order valence-electron chi connectivity index (χ1n) is 23.1. The second-order valence-corrected chi connectivity index (χ2v) is 16.0. The Kier molecular flexibility index (Phi) is 15.5. The van der Waals surface area contributed by atoms with Crippen LogP contribution in [0.25, 0.3) is 0 Å². The van der Waals surface area contributed by atoms with E-state index in [2.05, 4.69) is 153 Å². The van der Waals surface area contributed by atoms with E-state index in [1.54, 1.807) is 0 Å². The van der Waals surface area contributed by atoms with Crippen molar-refractivity contribution in [3.63, 3.8) is 0 Å². The number of aryl methyl sites for hydroxylation is 6. The van der Waals surface area contributed by atoms with E-state index in [1.165, 1.54) is 0 Å². The topological polar surface area (TPSA) is 100.0 Å². The highest BCUT2D eigenvalue weighted by molar-refractivity contribution is 5.83. The zero-order valence-electron chi connectivity index (χ0n) is 38.0. The van der Waals surface area contributed by atoms with Crippen LogP contribution >= 0.6 is 0 Å². The summed E-state index contributed by atoms with van der Waals surface area (Å²) in [7, 11) is 0. The standard InChI is InChI=1S/C53H62N10/c1-7-19-39-25-13-31-46(54-39)61(47-32-14-26-40(55-47)20-8-2)45-37-52(62(48-33-15-27-41(56-48)21-9-3)49-34-16-28-42(57-49)22-10-4)60-53(38-45)63(50-35-17-29-43(58-50)23-11-5)51-36-18-30-44(59-51)24-12-6/h13-18,25-38H,7-12,19-24H2,1-6H3. The summed E-state index contributed by atoms with van der Waals surface area (Å²) in [6.07, 6.45) is 11.0. The third-order valence-corrected chi connectivity index (χ3v) is 10.7. The molecule has 0 fully saturated rings. The smallest absolute Gasteiger partial charge is 0.144 e. The number of aromatic nitrogens is 7. The van der Waals surface area contributed by atoms with Crippen LogP contribution < -0.4 is 14.7 Å². The molecule has 0 aliphatic carbocycles. The molecule has 0 saturated carbocycles. The first-order chi connectivity index (χ1) is 30.9. The molecule has 0 bridgehead atoms. The van der Waals surface area contributed by atoms with Crippen molar-refractivity contribution in [2.45, 2.75) is 119 Å². The number of anilines is 9. The van der Waals surface area contributed by atoms with Gasteiger partial charge in [0.1, 0.15) is 46.5 Å². The van der Waals surface area contributed by atoms with E-state index in [1.807, 2.05) is 24.3 Å². The molecule has 0 unspecified atom stereocenters. The SMILES string of the molecule is CCCc1cccc(N(c2cc(N(c3cccc(CCC)n3)c3cccc(CCC)n3)nc(N(c3cccc(CCC)n3)c3cccc(CCC)n3)c2)c2cccc(CCC)n2)n1. The highest BCUT2D eigenvalue weighted by atomic mass is 15.3. The molecular formula is C53H62N10. The summed E-state index contributed by atoms with van der Waals surface area (Å²) in [6, 6.07) is 41.7. The Hall–Kier alpha value is -6.55. The molecule has 0 aliphatic rings. The Labute approximate surface area is 374 Å². The third kappa shape index (κ3) is 11.1. The minimum Gasteiger partial charge on any atom is -0.279 e. The van der Waals surface area contributed by atoms with Crippen LogP contribution in [-0.4, -0.2) is 34.9 Å². The molecule has 7 aromatic rings. The maximum Gasteiger partial charge on any atom is 0.144 e. The van der Waals surface area contributed by atoms with Crippen LogP contribution in [0.1, 0.15) is 114 Å². The van der Waals surface area contributed by atoms with Gasteiger partial charge in [0, 0.05) is 46.3 Å². The van der Waals surface area contributed by atoms with E-state index in [-0.39, 0.29) is 0 Å². The number of rotatable bonds is 21. The summed E-state index contributed by atoms with van der Waals surface area (Å²) in [5.41, 5.74) is 6.88. The van der Waals surface area contributed by atoms with Crippen LogP contribution in [0.2, 0.25) is 0 Å². The van der Waals surface area contributed by atoms with Crippen molar-refractivity contribution in [2.75, 3.05) is 14.7 Å². The highest BCUT2D eigenvalue weighted by Crippen LogP contribution is 2.42. The quantitative estimate of drug-likeness (QED) is 0.0695. The van der Waals surface area contributed by atoms with Gasteiger partial charge in [-0.15, -0.1) is 0 Å². The fraction of sp³-hybridized carbons (Fsp3) is 0.340.